The molecule has 0 fully saturated rings. The molecule has 0 aliphatic carbocycles. The molecule has 0 aliphatic rings. The molecule has 0 radical (unpaired) electrons. The molecule has 0 atom stereocenters. The zero-order valence-corrected chi connectivity index (χ0v) is 14.3. The van der Waals surface area contributed by atoms with Crippen molar-refractivity contribution in [2.75, 3.05) is 13.1 Å². The minimum absolute atomic E-state index is 0.0586. The third-order valence-electron chi connectivity index (χ3n) is 3.61. The van der Waals surface area contributed by atoms with Gasteiger partial charge >= 0.3 is 0 Å². The van der Waals surface area contributed by atoms with Gasteiger partial charge in [-0.15, -0.1) is 0 Å². The second kappa shape index (κ2) is 6.98. The fourth-order valence-electron chi connectivity index (χ4n) is 2.15. The van der Waals surface area contributed by atoms with E-state index < -0.39 is 15.7 Å². The highest BCUT2D eigenvalue weighted by Crippen LogP contribution is 2.29. The Morgan fingerprint density at radius 1 is 1.00 bits per heavy atom. The van der Waals surface area contributed by atoms with Gasteiger partial charge in [-0.25, -0.2) is 0 Å². The molecule has 23 heavy (non-hydrogen) atoms. The Morgan fingerprint density at radius 2 is 1.52 bits per heavy atom. The molecule has 0 saturated heterocycles. The van der Waals surface area contributed by atoms with E-state index >= 15 is 0 Å². The van der Waals surface area contributed by atoms with Crippen molar-refractivity contribution >= 4 is 21.7 Å². The maximum absolute atomic E-state index is 12.6. The topological polar surface area (TPSA) is 95.4 Å². The Hall–Kier alpha value is -1.44. The van der Waals surface area contributed by atoms with E-state index in [1.54, 1.807) is 36.4 Å². The van der Waals surface area contributed by atoms with Crippen molar-refractivity contribution in [1.29, 1.82) is 0 Å². The lowest BCUT2D eigenvalue weighted by atomic mass is 9.94. The van der Waals surface area contributed by atoms with Crippen molar-refractivity contribution in [1.82, 2.24) is 0 Å². The zero-order valence-electron chi connectivity index (χ0n) is 12.7. The number of hydrogen-bond donors (Lipinski definition) is 2. The lowest BCUT2D eigenvalue weighted by molar-refractivity contribution is 0.0928. The molecule has 0 amide bonds. The fourth-order valence-corrected chi connectivity index (χ4v) is 3.50. The van der Waals surface area contributed by atoms with Gasteiger partial charge in [-0.2, -0.15) is 8.42 Å². The van der Waals surface area contributed by atoms with Crippen LogP contribution in [0.3, 0.4) is 0 Å². The highest BCUT2D eigenvalue weighted by Gasteiger charge is 2.36. The maximum atomic E-state index is 12.6. The average molecular weight is 355 g/mol. The molecular weight excluding hydrogens is 336 g/mol. The highest BCUT2D eigenvalue weighted by molar-refractivity contribution is 7.86. The highest BCUT2D eigenvalue weighted by atomic mass is 35.5. The summed E-state index contributed by atoms with van der Waals surface area (Å²) in [4.78, 5) is 0.0586. The zero-order chi connectivity index (χ0) is 17.1. The normalized spacial score (nSPS) is 12.3. The van der Waals surface area contributed by atoms with Gasteiger partial charge in [0, 0.05) is 18.1 Å². The van der Waals surface area contributed by atoms with Crippen LogP contribution < -0.4 is 11.5 Å². The van der Waals surface area contributed by atoms with E-state index in [1.165, 1.54) is 12.1 Å². The number of halogens is 1. The SMILES string of the molecule is Cc1ccc(S(=O)(=O)OC(CN)(CN)c2ccc(Cl)cc2)cc1. The molecule has 2 aromatic carbocycles. The molecule has 0 heterocycles. The van der Waals surface area contributed by atoms with Crippen LogP contribution in [0.5, 0.6) is 0 Å². The lowest BCUT2D eigenvalue weighted by Gasteiger charge is -2.31. The van der Waals surface area contributed by atoms with Crippen molar-refractivity contribution in [2.45, 2.75) is 17.4 Å². The summed E-state index contributed by atoms with van der Waals surface area (Å²) in [6.07, 6.45) is 0. The molecule has 0 aliphatic heterocycles. The van der Waals surface area contributed by atoms with Gasteiger partial charge in [0.1, 0.15) is 5.60 Å². The van der Waals surface area contributed by atoms with Crippen LogP contribution in [-0.2, 0) is 19.9 Å². The summed E-state index contributed by atoms with van der Waals surface area (Å²) in [6, 6.07) is 13.0. The van der Waals surface area contributed by atoms with Crippen LogP contribution in [0, 0.1) is 6.92 Å². The van der Waals surface area contributed by atoms with E-state index in [4.69, 9.17) is 27.3 Å². The van der Waals surface area contributed by atoms with Gasteiger partial charge < -0.3 is 11.5 Å². The molecular formula is C16H19ClN2O3S. The molecule has 0 unspecified atom stereocenters. The Bertz CT molecular complexity index is 755. The second-order valence-electron chi connectivity index (χ2n) is 5.26. The molecule has 2 aromatic rings. The van der Waals surface area contributed by atoms with Gasteiger partial charge in [-0.05, 0) is 36.8 Å². The summed E-state index contributed by atoms with van der Waals surface area (Å²) in [5.74, 6) is 0. The van der Waals surface area contributed by atoms with E-state index in [9.17, 15) is 8.42 Å². The monoisotopic (exact) mass is 354 g/mol. The molecule has 4 N–H and O–H groups in total. The number of hydrogen-bond acceptors (Lipinski definition) is 5. The first-order valence-corrected chi connectivity index (χ1v) is 8.80. The standard InChI is InChI=1S/C16H19ClN2O3S/c1-12-2-8-15(9-3-12)23(20,21)22-16(10-18,11-19)13-4-6-14(17)7-5-13/h2-9H,10-11,18-19H2,1H3. The van der Waals surface area contributed by atoms with Gasteiger partial charge in [0.25, 0.3) is 10.1 Å². The van der Waals surface area contributed by atoms with Crippen LogP contribution in [-0.4, -0.2) is 21.5 Å². The first kappa shape index (κ1) is 17.9. The quantitative estimate of drug-likeness (QED) is 0.775. The first-order chi connectivity index (χ1) is 10.8. The van der Waals surface area contributed by atoms with Gasteiger partial charge in [0.15, 0.2) is 0 Å². The third-order valence-corrected chi connectivity index (χ3v) is 5.25. The van der Waals surface area contributed by atoms with Gasteiger partial charge in [0.05, 0.1) is 4.90 Å². The first-order valence-electron chi connectivity index (χ1n) is 7.01. The van der Waals surface area contributed by atoms with E-state index in [1.807, 2.05) is 6.92 Å². The number of benzene rings is 2. The molecule has 2 rings (SSSR count). The molecule has 0 spiro atoms. The van der Waals surface area contributed by atoms with E-state index in [0.717, 1.165) is 5.56 Å². The summed E-state index contributed by atoms with van der Waals surface area (Å²) in [6.45, 7) is 1.70. The van der Waals surface area contributed by atoms with E-state index in [0.29, 0.717) is 10.6 Å². The minimum atomic E-state index is -4.01. The molecule has 7 heteroatoms. The Kier molecular flexibility index (Phi) is 5.44. The Morgan fingerprint density at radius 3 is 2.00 bits per heavy atom. The summed E-state index contributed by atoms with van der Waals surface area (Å²) in [7, 11) is -4.01. The summed E-state index contributed by atoms with van der Waals surface area (Å²) < 4.78 is 30.6. The molecule has 124 valence electrons. The third kappa shape index (κ3) is 3.91. The number of rotatable bonds is 6. The van der Waals surface area contributed by atoms with Crippen molar-refractivity contribution in [3.8, 4) is 0 Å². The van der Waals surface area contributed by atoms with Crippen molar-refractivity contribution in [3.63, 3.8) is 0 Å². The fraction of sp³-hybridized carbons (Fsp3) is 0.250. The molecule has 0 aromatic heterocycles. The van der Waals surface area contributed by atoms with Crippen LogP contribution in [0.2, 0.25) is 5.02 Å². The van der Waals surface area contributed by atoms with E-state index in [-0.39, 0.29) is 18.0 Å². The van der Waals surface area contributed by atoms with Crippen LogP contribution >= 0.6 is 11.6 Å². The molecule has 5 nitrogen and oxygen atoms in total. The summed E-state index contributed by atoms with van der Waals surface area (Å²) in [5.41, 5.74) is 11.8. The smallest absolute Gasteiger partial charge is 0.297 e. The van der Waals surface area contributed by atoms with Crippen LogP contribution in [0.25, 0.3) is 0 Å². The van der Waals surface area contributed by atoms with Crippen LogP contribution in [0.4, 0.5) is 0 Å². The van der Waals surface area contributed by atoms with Gasteiger partial charge in [0.2, 0.25) is 0 Å². The largest absolute Gasteiger partial charge is 0.327 e. The maximum Gasteiger partial charge on any atom is 0.297 e. The predicted molar refractivity (Wildman–Crippen MR) is 90.7 cm³/mol. The second-order valence-corrected chi connectivity index (χ2v) is 7.24. The van der Waals surface area contributed by atoms with Crippen LogP contribution in [0.15, 0.2) is 53.4 Å². The lowest BCUT2D eigenvalue weighted by Crippen LogP contribution is -2.46. The van der Waals surface area contributed by atoms with Crippen molar-refractivity contribution in [2.24, 2.45) is 11.5 Å². The molecule has 0 saturated carbocycles. The Labute approximate surface area is 141 Å². The van der Waals surface area contributed by atoms with Gasteiger partial charge in [-0.1, -0.05) is 41.4 Å². The van der Waals surface area contributed by atoms with E-state index in [2.05, 4.69) is 0 Å². The van der Waals surface area contributed by atoms with Crippen molar-refractivity contribution in [3.05, 3.63) is 64.7 Å². The van der Waals surface area contributed by atoms with Crippen LogP contribution in [0.1, 0.15) is 11.1 Å². The predicted octanol–water partition coefficient (Wildman–Crippen LogP) is 2.17. The molecule has 0 bridgehead atoms. The summed E-state index contributed by atoms with van der Waals surface area (Å²) in [5, 5.41) is 0.526. The number of nitrogens with two attached hydrogens (primary N) is 2. The minimum Gasteiger partial charge on any atom is -0.327 e. The Balaban J connectivity index is 2.42. The number of aryl methyl sites for hydroxylation is 1. The van der Waals surface area contributed by atoms with Crippen molar-refractivity contribution < 1.29 is 12.6 Å². The summed E-state index contributed by atoms with van der Waals surface area (Å²) >= 11 is 5.87. The average Bonchev–Trinajstić information content (AvgIpc) is 2.54. The van der Waals surface area contributed by atoms with Gasteiger partial charge in [-0.3, -0.25) is 4.18 Å².